The third kappa shape index (κ3) is 7.68. The summed E-state index contributed by atoms with van der Waals surface area (Å²) >= 11 is 0. The van der Waals surface area contributed by atoms with Gasteiger partial charge in [-0.15, -0.1) is 0 Å². The number of amides is 3. The molecule has 0 unspecified atom stereocenters. The van der Waals surface area contributed by atoms with E-state index in [2.05, 4.69) is 0 Å². The summed E-state index contributed by atoms with van der Waals surface area (Å²) in [7, 11) is 0. The Kier molecular flexibility index (Phi) is 9.00. The summed E-state index contributed by atoms with van der Waals surface area (Å²) in [5.74, 6) is -3.10. The zero-order chi connectivity index (χ0) is 29.6. The third-order valence-electron chi connectivity index (χ3n) is 6.61. The second-order valence-electron chi connectivity index (χ2n) is 9.39. The number of likely N-dealkylation sites (tertiary alicyclic amines) is 1. The SMILES string of the molecule is N=C(NC(=O)OCc1ccccc1)NC(=O)c1ccc(C2CCN(C(=O)c3ccc(F)cc3)CC2)c(C(F)(F)F)c1. The molecule has 0 aliphatic carbocycles. The zero-order valence-corrected chi connectivity index (χ0v) is 21.6. The lowest BCUT2D eigenvalue weighted by Gasteiger charge is -2.33. The molecule has 0 radical (unpaired) electrons. The maximum atomic E-state index is 14.0. The van der Waals surface area contributed by atoms with E-state index in [1.807, 2.05) is 10.6 Å². The van der Waals surface area contributed by atoms with Gasteiger partial charge in [0.2, 0.25) is 5.96 Å². The first kappa shape index (κ1) is 29.2. The van der Waals surface area contributed by atoms with Crippen molar-refractivity contribution in [1.82, 2.24) is 15.5 Å². The molecule has 0 spiro atoms. The van der Waals surface area contributed by atoms with Crippen LogP contribution < -0.4 is 10.6 Å². The standard InChI is InChI=1S/C29H26F4N4O4/c30-22-9-6-20(7-10-22)26(39)37-14-12-19(13-15-37)23-11-8-21(16-24(23)29(31,32)33)25(38)35-27(34)36-28(40)41-17-18-4-2-1-3-5-18/h1-11,16,19H,12-15,17H2,(H3,34,35,36,38,40). The Morgan fingerprint density at radius 1 is 0.902 bits per heavy atom. The highest BCUT2D eigenvalue weighted by atomic mass is 19.4. The van der Waals surface area contributed by atoms with E-state index in [1.54, 1.807) is 30.3 Å². The quantitative estimate of drug-likeness (QED) is 0.215. The first-order valence-electron chi connectivity index (χ1n) is 12.6. The molecule has 3 amide bonds. The van der Waals surface area contributed by atoms with Gasteiger partial charge < -0.3 is 9.64 Å². The Bertz CT molecular complexity index is 1420. The molecule has 3 aromatic rings. The van der Waals surface area contributed by atoms with Crippen LogP contribution in [0.15, 0.2) is 72.8 Å². The Morgan fingerprint density at radius 3 is 2.17 bits per heavy atom. The molecular weight excluding hydrogens is 544 g/mol. The van der Waals surface area contributed by atoms with E-state index in [0.717, 1.165) is 0 Å². The Hall–Kier alpha value is -4.74. The average molecular weight is 571 g/mol. The van der Waals surface area contributed by atoms with Gasteiger partial charge in [0.25, 0.3) is 11.8 Å². The molecule has 1 heterocycles. The van der Waals surface area contributed by atoms with Crippen LogP contribution in [0, 0.1) is 11.2 Å². The van der Waals surface area contributed by atoms with Crippen LogP contribution in [-0.2, 0) is 17.5 Å². The topological polar surface area (TPSA) is 112 Å². The molecule has 12 heteroatoms. The number of halogens is 4. The van der Waals surface area contributed by atoms with Gasteiger partial charge in [0.05, 0.1) is 5.56 Å². The highest BCUT2D eigenvalue weighted by Gasteiger charge is 2.37. The molecule has 1 saturated heterocycles. The zero-order valence-electron chi connectivity index (χ0n) is 21.6. The van der Waals surface area contributed by atoms with Crippen LogP contribution in [0.1, 0.15) is 56.2 Å². The lowest BCUT2D eigenvalue weighted by Crippen LogP contribution is -2.43. The predicted octanol–water partition coefficient (Wildman–Crippen LogP) is 5.46. The molecule has 41 heavy (non-hydrogen) atoms. The Morgan fingerprint density at radius 2 is 1.54 bits per heavy atom. The summed E-state index contributed by atoms with van der Waals surface area (Å²) in [6, 6.07) is 16.9. The predicted molar refractivity (Wildman–Crippen MR) is 141 cm³/mol. The van der Waals surface area contributed by atoms with E-state index < -0.39 is 41.4 Å². The van der Waals surface area contributed by atoms with Crippen molar-refractivity contribution < 1.29 is 36.7 Å². The van der Waals surface area contributed by atoms with Gasteiger partial charge >= 0.3 is 12.3 Å². The molecule has 1 aliphatic rings. The number of rotatable bonds is 5. The molecule has 3 N–H and O–H groups in total. The van der Waals surface area contributed by atoms with Crippen molar-refractivity contribution >= 4 is 23.9 Å². The van der Waals surface area contributed by atoms with E-state index in [-0.39, 0.29) is 49.6 Å². The van der Waals surface area contributed by atoms with Gasteiger partial charge in [-0.3, -0.25) is 25.6 Å². The van der Waals surface area contributed by atoms with Crippen LogP contribution in [0.4, 0.5) is 22.4 Å². The Labute approximate surface area is 232 Å². The van der Waals surface area contributed by atoms with Crippen molar-refractivity contribution in [1.29, 1.82) is 5.41 Å². The summed E-state index contributed by atoms with van der Waals surface area (Å²) in [6.45, 7) is 0.344. The first-order valence-corrected chi connectivity index (χ1v) is 12.6. The largest absolute Gasteiger partial charge is 0.444 e. The molecule has 1 aliphatic heterocycles. The highest BCUT2D eigenvalue weighted by Crippen LogP contribution is 2.39. The summed E-state index contributed by atoms with van der Waals surface area (Å²) < 4.78 is 60.2. The molecule has 4 rings (SSSR count). The van der Waals surface area contributed by atoms with Gasteiger partial charge in [0.1, 0.15) is 12.4 Å². The normalized spacial score (nSPS) is 13.8. The molecular formula is C29H26F4N4O4. The number of benzene rings is 3. The number of nitrogens with one attached hydrogen (secondary N) is 3. The summed E-state index contributed by atoms with van der Waals surface area (Å²) in [5, 5.41) is 11.8. The van der Waals surface area contributed by atoms with Gasteiger partial charge in [0.15, 0.2) is 0 Å². The number of guanidine groups is 1. The second kappa shape index (κ2) is 12.6. The van der Waals surface area contributed by atoms with Gasteiger partial charge in [0, 0.05) is 24.2 Å². The van der Waals surface area contributed by atoms with Gasteiger partial charge in [-0.1, -0.05) is 36.4 Å². The maximum Gasteiger partial charge on any atom is 0.416 e. The number of alkyl carbamates (subject to hydrolysis) is 1. The molecule has 0 bridgehead atoms. The Balaban J connectivity index is 1.37. The van der Waals surface area contributed by atoms with Gasteiger partial charge in [-0.25, -0.2) is 9.18 Å². The average Bonchev–Trinajstić information content (AvgIpc) is 2.96. The smallest absolute Gasteiger partial charge is 0.416 e. The van der Waals surface area contributed by atoms with Crippen molar-refractivity contribution in [3.8, 4) is 0 Å². The van der Waals surface area contributed by atoms with Crippen LogP contribution in [0.5, 0.6) is 0 Å². The first-order chi connectivity index (χ1) is 19.5. The fourth-order valence-electron chi connectivity index (χ4n) is 4.55. The van der Waals surface area contributed by atoms with Crippen LogP contribution >= 0.6 is 0 Å². The minimum Gasteiger partial charge on any atom is -0.444 e. The number of hydrogen-bond donors (Lipinski definition) is 3. The van der Waals surface area contributed by atoms with Crippen molar-refractivity contribution in [2.75, 3.05) is 13.1 Å². The number of ether oxygens (including phenoxy) is 1. The molecule has 3 aromatic carbocycles. The van der Waals surface area contributed by atoms with Crippen LogP contribution in [0.2, 0.25) is 0 Å². The van der Waals surface area contributed by atoms with E-state index in [0.29, 0.717) is 17.2 Å². The van der Waals surface area contributed by atoms with Crippen LogP contribution in [0.25, 0.3) is 0 Å². The lowest BCUT2D eigenvalue weighted by atomic mass is 9.85. The molecule has 0 atom stereocenters. The minimum absolute atomic E-state index is 0.000576. The minimum atomic E-state index is -4.76. The van der Waals surface area contributed by atoms with Crippen LogP contribution in [-0.4, -0.2) is 41.9 Å². The van der Waals surface area contributed by atoms with Gasteiger partial charge in [-0.2, -0.15) is 13.2 Å². The maximum absolute atomic E-state index is 14.0. The summed E-state index contributed by atoms with van der Waals surface area (Å²) in [5.41, 5.74) is -0.353. The molecule has 0 saturated carbocycles. The van der Waals surface area contributed by atoms with Crippen molar-refractivity contribution in [2.24, 2.45) is 0 Å². The van der Waals surface area contributed by atoms with Gasteiger partial charge in [-0.05, 0) is 66.3 Å². The fraction of sp³-hybridized carbons (Fsp3) is 0.241. The van der Waals surface area contributed by atoms with E-state index >= 15 is 0 Å². The highest BCUT2D eigenvalue weighted by molar-refractivity contribution is 6.08. The van der Waals surface area contributed by atoms with E-state index in [1.165, 1.54) is 41.3 Å². The van der Waals surface area contributed by atoms with Crippen molar-refractivity contribution in [2.45, 2.75) is 31.5 Å². The number of piperidine rings is 1. The van der Waals surface area contributed by atoms with E-state index in [9.17, 15) is 31.9 Å². The number of carbonyl (C=O) groups excluding carboxylic acids is 3. The molecule has 214 valence electrons. The monoisotopic (exact) mass is 570 g/mol. The third-order valence-corrected chi connectivity index (χ3v) is 6.61. The summed E-state index contributed by atoms with van der Waals surface area (Å²) in [4.78, 5) is 38.7. The van der Waals surface area contributed by atoms with Crippen LogP contribution in [0.3, 0.4) is 0 Å². The molecule has 0 aromatic heterocycles. The number of hydrogen-bond acceptors (Lipinski definition) is 5. The second-order valence-corrected chi connectivity index (χ2v) is 9.39. The number of alkyl halides is 3. The van der Waals surface area contributed by atoms with E-state index in [4.69, 9.17) is 10.1 Å². The molecule has 1 fully saturated rings. The number of carbonyl (C=O) groups is 3. The lowest BCUT2D eigenvalue weighted by molar-refractivity contribution is -0.138. The fourth-order valence-corrected chi connectivity index (χ4v) is 4.55. The number of nitrogens with zero attached hydrogens (tertiary/aromatic N) is 1. The van der Waals surface area contributed by atoms with Crippen molar-refractivity contribution in [3.63, 3.8) is 0 Å². The summed E-state index contributed by atoms with van der Waals surface area (Å²) in [6.07, 6.45) is -5.25. The van der Waals surface area contributed by atoms with Crippen molar-refractivity contribution in [3.05, 3.63) is 106 Å². The molecule has 8 nitrogen and oxygen atoms in total.